The molecule has 20 heavy (non-hydrogen) atoms. The minimum Gasteiger partial charge on any atom is -0.469 e. The zero-order valence-corrected chi connectivity index (χ0v) is 12.2. The second-order valence-electron chi connectivity index (χ2n) is 4.60. The third-order valence-corrected chi connectivity index (χ3v) is 4.48. The fourth-order valence-electron chi connectivity index (χ4n) is 1.94. The molecular formula is C14H19NO4S. The normalized spacial score (nSPS) is 12.1. The molecule has 0 saturated carbocycles. The molecule has 110 valence electrons. The highest BCUT2D eigenvalue weighted by atomic mass is 32.2. The van der Waals surface area contributed by atoms with Crippen LogP contribution >= 0.6 is 0 Å². The van der Waals surface area contributed by atoms with Crippen molar-refractivity contribution in [3.05, 3.63) is 48.3 Å². The van der Waals surface area contributed by atoms with Gasteiger partial charge in [0.05, 0.1) is 24.2 Å². The number of unbranched alkanes of at least 4 members (excludes halogenated alkanes) is 1. The first-order valence-electron chi connectivity index (χ1n) is 6.66. The molecule has 0 aliphatic rings. The zero-order chi connectivity index (χ0) is 14.4. The van der Waals surface area contributed by atoms with Crippen molar-refractivity contribution < 1.29 is 17.3 Å². The maximum Gasteiger partial charge on any atom is 0.211 e. The summed E-state index contributed by atoms with van der Waals surface area (Å²) < 4.78 is 37.1. The summed E-state index contributed by atoms with van der Waals surface area (Å²) in [6, 6.07) is 7.18. The highest BCUT2D eigenvalue weighted by Gasteiger charge is 2.22. The highest BCUT2D eigenvalue weighted by Crippen LogP contribution is 2.25. The van der Waals surface area contributed by atoms with E-state index >= 15 is 0 Å². The second kappa shape index (κ2) is 6.76. The largest absolute Gasteiger partial charge is 0.469 e. The van der Waals surface area contributed by atoms with E-state index in [9.17, 15) is 8.42 Å². The van der Waals surface area contributed by atoms with Crippen molar-refractivity contribution in [1.82, 2.24) is 4.72 Å². The van der Waals surface area contributed by atoms with Crippen LogP contribution in [0.4, 0.5) is 0 Å². The van der Waals surface area contributed by atoms with Crippen LogP contribution in [0, 0.1) is 0 Å². The minimum atomic E-state index is -3.25. The molecule has 2 aromatic rings. The van der Waals surface area contributed by atoms with E-state index in [4.69, 9.17) is 8.83 Å². The van der Waals surface area contributed by atoms with Crippen LogP contribution in [0.5, 0.6) is 0 Å². The van der Waals surface area contributed by atoms with E-state index in [-0.39, 0.29) is 18.2 Å². The van der Waals surface area contributed by atoms with Gasteiger partial charge in [-0.3, -0.25) is 0 Å². The second-order valence-corrected chi connectivity index (χ2v) is 6.53. The molecule has 0 unspecified atom stereocenters. The van der Waals surface area contributed by atoms with Crippen LogP contribution in [0.1, 0.15) is 37.2 Å². The Morgan fingerprint density at radius 2 is 1.75 bits per heavy atom. The van der Waals surface area contributed by atoms with Gasteiger partial charge < -0.3 is 8.83 Å². The summed E-state index contributed by atoms with van der Waals surface area (Å²) in [6.07, 6.45) is 4.63. The Hall–Kier alpha value is -1.53. The number of nitrogens with one attached hydrogen (secondary N) is 1. The Kier molecular flexibility index (Phi) is 5.03. The first-order valence-corrected chi connectivity index (χ1v) is 8.31. The number of sulfonamides is 1. The fourth-order valence-corrected chi connectivity index (χ4v) is 3.17. The summed E-state index contributed by atoms with van der Waals surface area (Å²) in [6.45, 7) is 2.19. The summed E-state index contributed by atoms with van der Waals surface area (Å²) in [4.78, 5) is 0. The Bertz CT molecular complexity index is 553. The molecule has 0 amide bonds. The molecule has 0 aliphatic heterocycles. The van der Waals surface area contributed by atoms with Crippen LogP contribution in [0.3, 0.4) is 0 Å². The molecule has 0 fully saturated rings. The smallest absolute Gasteiger partial charge is 0.211 e. The van der Waals surface area contributed by atoms with Crippen molar-refractivity contribution in [3.8, 4) is 0 Å². The Morgan fingerprint density at radius 3 is 2.20 bits per heavy atom. The van der Waals surface area contributed by atoms with Crippen molar-refractivity contribution in [2.45, 2.75) is 25.7 Å². The molecule has 0 radical (unpaired) electrons. The van der Waals surface area contributed by atoms with Gasteiger partial charge in [-0.1, -0.05) is 13.3 Å². The molecule has 0 atom stereocenters. The quantitative estimate of drug-likeness (QED) is 0.813. The predicted molar refractivity (Wildman–Crippen MR) is 76.0 cm³/mol. The van der Waals surface area contributed by atoms with Gasteiger partial charge >= 0.3 is 0 Å². The standard InChI is InChI=1S/C14H19NO4S/c1-2-3-10-20(16,17)15-11-12(13-6-4-8-18-13)14-7-5-9-19-14/h4-9,12,15H,2-3,10-11H2,1H3. The first kappa shape index (κ1) is 14.9. The molecule has 0 saturated heterocycles. The molecule has 5 nitrogen and oxygen atoms in total. The lowest BCUT2D eigenvalue weighted by Gasteiger charge is -2.13. The molecule has 1 N–H and O–H groups in total. The van der Waals surface area contributed by atoms with E-state index in [1.54, 1.807) is 24.7 Å². The lowest BCUT2D eigenvalue weighted by Crippen LogP contribution is -2.30. The first-order chi connectivity index (χ1) is 9.62. The molecule has 0 aliphatic carbocycles. The third kappa shape index (κ3) is 3.98. The van der Waals surface area contributed by atoms with Crippen LogP contribution in [0.25, 0.3) is 0 Å². The Morgan fingerprint density at radius 1 is 1.15 bits per heavy atom. The van der Waals surface area contributed by atoms with E-state index in [0.717, 1.165) is 6.42 Å². The van der Waals surface area contributed by atoms with Crippen molar-refractivity contribution in [2.75, 3.05) is 12.3 Å². The summed E-state index contributed by atoms with van der Waals surface area (Å²) >= 11 is 0. The maximum atomic E-state index is 11.9. The van der Waals surface area contributed by atoms with E-state index in [0.29, 0.717) is 17.9 Å². The van der Waals surface area contributed by atoms with Crippen molar-refractivity contribution in [2.24, 2.45) is 0 Å². The third-order valence-electron chi connectivity index (χ3n) is 3.05. The molecular weight excluding hydrogens is 278 g/mol. The average molecular weight is 297 g/mol. The van der Waals surface area contributed by atoms with Crippen LogP contribution in [-0.2, 0) is 10.0 Å². The van der Waals surface area contributed by atoms with Crippen LogP contribution in [0.15, 0.2) is 45.6 Å². The number of hydrogen-bond donors (Lipinski definition) is 1. The fraction of sp³-hybridized carbons (Fsp3) is 0.429. The molecule has 2 rings (SSSR count). The van der Waals surface area contributed by atoms with E-state index in [1.807, 2.05) is 19.1 Å². The average Bonchev–Trinajstić information content (AvgIpc) is 3.09. The maximum absolute atomic E-state index is 11.9. The van der Waals surface area contributed by atoms with Gasteiger partial charge in [-0.2, -0.15) is 0 Å². The van der Waals surface area contributed by atoms with Crippen molar-refractivity contribution >= 4 is 10.0 Å². The summed E-state index contributed by atoms with van der Waals surface area (Å²) in [7, 11) is -3.25. The topological polar surface area (TPSA) is 72.5 Å². The van der Waals surface area contributed by atoms with Crippen LogP contribution < -0.4 is 4.72 Å². The molecule has 0 spiro atoms. The monoisotopic (exact) mass is 297 g/mol. The van der Waals surface area contributed by atoms with Gasteiger partial charge in [-0.25, -0.2) is 13.1 Å². The number of rotatable bonds is 8. The lowest BCUT2D eigenvalue weighted by atomic mass is 10.0. The molecule has 0 aromatic carbocycles. The highest BCUT2D eigenvalue weighted by molar-refractivity contribution is 7.89. The van der Waals surface area contributed by atoms with Gasteiger partial charge in [0, 0.05) is 6.54 Å². The summed E-state index contributed by atoms with van der Waals surface area (Å²) in [5.41, 5.74) is 0. The number of furan rings is 2. The number of hydrogen-bond acceptors (Lipinski definition) is 4. The predicted octanol–water partition coefficient (Wildman–Crippen LogP) is 2.72. The summed E-state index contributed by atoms with van der Waals surface area (Å²) in [5.74, 6) is 1.25. The van der Waals surface area contributed by atoms with Gasteiger partial charge in [-0.15, -0.1) is 0 Å². The molecule has 0 bridgehead atoms. The van der Waals surface area contributed by atoms with Gasteiger partial charge in [0.15, 0.2) is 0 Å². The van der Waals surface area contributed by atoms with E-state index < -0.39 is 10.0 Å². The van der Waals surface area contributed by atoms with E-state index in [2.05, 4.69) is 4.72 Å². The zero-order valence-electron chi connectivity index (χ0n) is 11.4. The minimum absolute atomic E-state index is 0.145. The van der Waals surface area contributed by atoms with Gasteiger partial charge in [0.2, 0.25) is 10.0 Å². The molecule has 2 aromatic heterocycles. The molecule has 2 heterocycles. The van der Waals surface area contributed by atoms with Gasteiger partial charge in [0.1, 0.15) is 11.5 Å². The molecule has 6 heteroatoms. The van der Waals surface area contributed by atoms with Crippen molar-refractivity contribution in [1.29, 1.82) is 0 Å². The Balaban J connectivity index is 2.07. The van der Waals surface area contributed by atoms with Crippen molar-refractivity contribution in [3.63, 3.8) is 0 Å². The summed E-state index contributed by atoms with van der Waals surface area (Å²) in [5, 5.41) is 0. The van der Waals surface area contributed by atoms with E-state index in [1.165, 1.54) is 0 Å². The lowest BCUT2D eigenvalue weighted by molar-refractivity contribution is 0.424. The SMILES string of the molecule is CCCCS(=O)(=O)NCC(c1ccco1)c1ccco1. The Labute approximate surface area is 119 Å². The van der Waals surface area contributed by atoms with Gasteiger partial charge in [0.25, 0.3) is 0 Å². The van der Waals surface area contributed by atoms with Crippen LogP contribution in [-0.4, -0.2) is 20.7 Å². The van der Waals surface area contributed by atoms with Crippen LogP contribution in [0.2, 0.25) is 0 Å². The van der Waals surface area contributed by atoms with Gasteiger partial charge in [-0.05, 0) is 30.7 Å².